The fourth-order valence-electron chi connectivity index (χ4n) is 2.63. The molecule has 0 radical (unpaired) electrons. The first-order valence-electron chi connectivity index (χ1n) is 6.94. The van der Waals surface area contributed by atoms with Crippen molar-refractivity contribution in [1.29, 1.82) is 0 Å². The molecule has 1 aromatic heterocycles. The molecule has 1 aliphatic heterocycles. The molecule has 2 rings (SSSR count). The lowest BCUT2D eigenvalue weighted by molar-refractivity contribution is -0.151. The molecule has 4 nitrogen and oxygen atoms in total. The lowest BCUT2D eigenvalue weighted by atomic mass is 10.1. The SMILES string of the molecule is CCOC(=O)C1CNCCN1C(CC)c1cccs1. The Bertz CT molecular complexity index is 394. The van der Waals surface area contributed by atoms with Gasteiger partial charge in [0.1, 0.15) is 6.04 Å². The Hall–Kier alpha value is -0.910. The lowest BCUT2D eigenvalue weighted by Gasteiger charge is -2.39. The maximum atomic E-state index is 12.1. The molecule has 0 saturated carbocycles. The zero-order valence-electron chi connectivity index (χ0n) is 11.6. The molecular weight excluding hydrogens is 260 g/mol. The first kappa shape index (κ1) is 14.5. The van der Waals surface area contributed by atoms with Crippen molar-refractivity contribution < 1.29 is 9.53 Å². The highest BCUT2D eigenvalue weighted by atomic mass is 32.1. The van der Waals surface area contributed by atoms with Crippen molar-refractivity contribution in [2.45, 2.75) is 32.4 Å². The van der Waals surface area contributed by atoms with E-state index in [9.17, 15) is 4.79 Å². The fourth-order valence-corrected chi connectivity index (χ4v) is 3.56. The Morgan fingerprint density at radius 3 is 3.11 bits per heavy atom. The zero-order chi connectivity index (χ0) is 13.7. The average molecular weight is 282 g/mol. The van der Waals surface area contributed by atoms with Gasteiger partial charge in [0.25, 0.3) is 0 Å². The minimum Gasteiger partial charge on any atom is -0.465 e. The molecule has 0 bridgehead atoms. The van der Waals surface area contributed by atoms with Crippen LogP contribution in [0.3, 0.4) is 0 Å². The molecule has 1 N–H and O–H groups in total. The maximum absolute atomic E-state index is 12.1. The van der Waals surface area contributed by atoms with Crippen LogP contribution in [0.25, 0.3) is 0 Å². The normalized spacial score (nSPS) is 22.1. The molecule has 1 saturated heterocycles. The molecule has 2 heterocycles. The van der Waals surface area contributed by atoms with E-state index >= 15 is 0 Å². The number of carbonyl (C=O) groups is 1. The number of nitrogens with one attached hydrogen (secondary N) is 1. The maximum Gasteiger partial charge on any atom is 0.324 e. The van der Waals surface area contributed by atoms with Crippen molar-refractivity contribution >= 4 is 17.3 Å². The lowest BCUT2D eigenvalue weighted by Crippen LogP contribution is -2.56. The molecule has 1 aliphatic rings. The highest BCUT2D eigenvalue weighted by Gasteiger charge is 2.34. The molecule has 0 spiro atoms. The van der Waals surface area contributed by atoms with E-state index in [2.05, 4.69) is 34.7 Å². The Morgan fingerprint density at radius 1 is 1.63 bits per heavy atom. The van der Waals surface area contributed by atoms with Gasteiger partial charge in [-0.3, -0.25) is 9.69 Å². The molecule has 2 unspecified atom stereocenters. The molecule has 5 heteroatoms. The van der Waals surface area contributed by atoms with Gasteiger partial charge in [0.15, 0.2) is 0 Å². The Morgan fingerprint density at radius 2 is 2.47 bits per heavy atom. The molecule has 2 atom stereocenters. The third kappa shape index (κ3) is 3.35. The van der Waals surface area contributed by atoms with E-state index in [4.69, 9.17) is 4.74 Å². The monoisotopic (exact) mass is 282 g/mol. The van der Waals surface area contributed by atoms with Crippen LogP contribution in [0.4, 0.5) is 0 Å². The summed E-state index contributed by atoms with van der Waals surface area (Å²) in [5.41, 5.74) is 0. The largest absolute Gasteiger partial charge is 0.465 e. The first-order chi connectivity index (χ1) is 9.27. The van der Waals surface area contributed by atoms with Gasteiger partial charge in [0, 0.05) is 30.6 Å². The van der Waals surface area contributed by atoms with E-state index in [1.165, 1.54) is 4.88 Å². The van der Waals surface area contributed by atoms with Gasteiger partial charge in [-0.1, -0.05) is 13.0 Å². The van der Waals surface area contributed by atoms with Crippen molar-refractivity contribution in [3.63, 3.8) is 0 Å². The van der Waals surface area contributed by atoms with E-state index in [1.807, 2.05) is 6.92 Å². The van der Waals surface area contributed by atoms with Gasteiger partial charge in [-0.15, -0.1) is 11.3 Å². The standard InChI is InChI=1S/C14H22N2O2S/c1-3-11(13-6-5-9-19-13)16-8-7-15-10-12(16)14(17)18-4-2/h5-6,9,11-12,15H,3-4,7-8,10H2,1-2H3. The molecule has 106 valence electrons. The highest BCUT2D eigenvalue weighted by Crippen LogP contribution is 2.30. The van der Waals surface area contributed by atoms with Gasteiger partial charge in [0.05, 0.1) is 6.61 Å². The van der Waals surface area contributed by atoms with Crippen LogP contribution in [0.1, 0.15) is 31.2 Å². The summed E-state index contributed by atoms with van der Waals surface area (Å²) in [5.74, 6) is -0.107. The predicted octanol–water partition coefficient (Wildman–Crippen LogP) is 2.04. The highest BCUT2D eigenvalue weighted by molar-refractivity contribution is 7.10. The second-order valence-corrected chi connectivity index (χ2v) is 5.63. The van der Waals surface area contributed by atoms with Crippen molar-refractivity contribution in [1.82, 2.24) is 10.2 Å². The van der Waals surface area contributed by atoms with Gasteiger partial charge in [-0.25, -0.2) is 0 Å². The van der Waals surface area contributed by atoms with E-state index in [0.717, 1.165) is 19.5 Å². The molecule has 0 aromatic carbocycles. The number of ether oxygens (including phenoxy) is 1. The van der Waals surface area contributed by atoms with Crippen molar-refractivity contribution in [2.75, 3.05) is 26.2 Å². The van der Waals surface area contributed by atoms with Gasteiger partial charge >= 0.3 is 5.97 Å². The molecule has 19 heavy (non-hydrogen) atoms. The number of hydrogen-bond donors (Lipinski definition) is 1. The van der Waals surface area contributed by atoms with Crippen LogP contribution in [-0.4, -0.2) is 43.2 Å². The summed E-state index contributed by atoms with van der Waals surface area (Å²) >= 11 is 1.76. The number of thiophene rings is 1. The summed E-state index contributed by atoms with van der Waals surface area (Å²) < 4.78 is 5.21. The fraction of sp³-hybridized carbons (Fsp3) is 0.643. The minimum absolute atomic E-state index is 0.107. The number of rotatable bonds is 5. The smallest absolute Gasteiger partial charge is 0.324 e. The Labute approximate surface area is 118 Å². The van der Waals surface area contributed by atoms with Crippen LogP contribution in [0.5, 0.6) is 0 Å². The zero-order valence-corrected chi connectivity index (χ0v) is 12.4. The summed E-state index contributed by atoms with van der Waals surface area (Å²) in [4.78, 5) is 15.7. The summed E-state index contributed by atoms with van der Waals surface area (Å²) in [6.45, 7) is 6.97. The first-order valence-corrected chi connectivity index (χ1v) is 7.82. The molecule has 1 aromatic rings. The van der Waals surface area contributed by atoms with Crippen LogP contribution in [0.15, 0.2) is 17.5 Å². The molecule has 0 aliphatic carbocycles. The molecule has 0 amide bonds. The van der Waals surface area contributed by atoms with Gasteiger partial charge in [0.2, 0.25) is 0 Å². The number of hydrogen-bond acceptors (Lipinski definition) is 5. The van der Waals surface area contributed by atoms with E-state index in [1.54, 1.807) is 11.3 Å². The number of piperazine rings is 1. The van der Waals surface area contributed by atoms with Crippen LogP contribution >= 0.6 is 11.3 Å². The summed E-state index contributed by atoms with van der Waals surface area (Å²) in [6, 6.07) is 4.38. The Kier molecular flexibility index (Phi) is 5.36. The molecule has 1 fully saturated rings. The second-order valence-electron chi connectivity index (χ2n) is 4.65. The number of esters is 1. The van der Waals surface area contributed by atoms with Crippen LogP contribution in [-0.2, 0) is 9.53 Å². The van der Waals surface area contributed by atoms with Gasteiger partial charge in [-0.2, -0.15) is 0 Å². The van der Waals surface area contributed by atoms with Crippen LogP contribution < -0.4 is 5.32 Å². The number of carbonyl (C=O) groups excluding carboxylic acids is 1. The second kappa shape index (κ2) is 7.03. The van der Waals surface area contributed by atoms with Crippen molar-refractivity contribution in [3.05, 3.63) is 22.4 Å². The quantitative estimate of drug-likeness (QED) is 0.839. The van der Waals surface area contributed by atoms with Crippen molar-refractivity contribution in [2.24, 2.45) is 0 Å². The van der Waals surface area contributed by atoms with E-state index in [0.29, 0.717) is 19.2 Å². The molecular formula is C14H22N2O2S. The third-order valence-electron chi connectivity index (χ3n) is 3.50. The van der Waals surface area contributed by atoms with Gasteiger partial charge in [-0.05, 0) is 24.8 Å². The van der Waals surface area contributed by atoms with E-state index in [-0.39, 0.29) is 12.0 Å². The predicted molar refractivity (Wildman–Crippen MR) is 77.3 cm³/mol. The summed E-state index contributed by atoms with van der Waals surface area (Å²) in [5, 5.41) is 5.39. The number of nitrogens with zero attached hydrogens (tertiary/aromatic N) is 1. The average Bonchev–Trinajstić information content (AvgIpc) is 2.94. The summed E-state index contributed by atoms with van der Waals surface area (Å²) in [7, 11) is 0. The van der Waals surface area contributed by atoms with Gasteiger partial charge < -0.3 is 10.1 Å². The minimum atomic E-state index is -0.166. The Balaban J connectivity index is 2.15. The third-order valence-corrected chi connectivity index (χ3v) is 4.48. The van der Waals surface area contributed by atoms with Crippen molar-refractivity contribution in [3.8, 4) is 0 Å². The van der Waals surface area contributed by atoms with E-state index < -0.39 is 0 Å². The van der Waals surface area contributed by atoms with Crippen LogP contribution in [0, 0.1) is 0 Å². The summed E-state index contributed by atoms with van der Waals surface area (Å²) in [6.07, 6.45) is 1.01. The topological polar surface area (TPSA) is 41.6 Å². The van der Waals surface area contributed by atoms with Crippen LogP contribution in [0.2, 0.25) is 0 Å².